The van der Waals surface area contributed by atoms with Gasteiger partial charge in [0.2, 0.25) is 0 Å². The highest BCUT2D eigenvalue weighted by Crippen LogP contribution is 2.46. The van der Waals surface area contributed by atoms with E-state index >= 15 is 0 Å². The second-order valence-corrected chi connectivity index (χ2v) is 6.14. The van der Waals surface area contributed by atoms with Gasteiger partial charge >= 0.3 is 7.75 Å². The molecular weight excluding hydrogens is 237 g/mol. The quantitative estimate of drug-likeness (QED) is 0.456. The first-order valence-corrected chi connectivity index (χ1v) is 8.34. The zero-order valence-corrected chi connectivity index (χ0v) is 12.4. The smallest absolute Gasteiger partial charge is 0.312 e. The maximum Gasteiger partial charge on any atom is 0.405 e. The Bertz CT molecular complexity index is 218. The van der Waals surface area contributed by atoms with Crippen LogP contribution in [0.2, 0.25) is 0 Å². The molecule has 0 fully saturated rings. The van der Waals surface area contributed by atoms with Crippen molar-refractivity contribution >= 4 is 7.75 Å². The fourth-order valence-corrected chi connectivity index (χ4v) is 3.11. The van der Waals surface area contributed by atoms with Gasteiger partial charge in [-0.3, -0.25) is 4.52 Å². The van der Waals surface area contributed by atoms with Crippen LogP contribution in [0, 0.1) is 0 Å². The summed E-state index contributed by atoms with van der Waals surface area (Å²) in [7, 11) is -3.55. The van der Waals surface area contributed by atoms with E-state index < -0.39 is 7.75 Å². The minimum Gasteiger partial charge on any atom is -0.312 e. The molecule has 0 aromatic heterocycles. The van der Waals surface area contributed by atoms with E-state index in [0.717, 1.165) is 38.5 Å². The summed E-state index contributed by atoms with van der Waals surface area (Å²) in [6.45, 7) is 7.78. The molecule has 0 aliphatic heterocycles. The van der Waals surface area contributed by atoms with Gasteiger partial charge in [0.1, 0.15) is 0 Å². The van der Waals surface area contributed by atoms with Gasteiger partial charge in [-0.2, -0.15) is 0 Å². The summed E-state index contributed by atoms with van der Waals surface area (Å²) in [5.41, 5.74) is 0. The second kappa shape index (κ2) is 10.1. The van der Waals surface area contributed by atoms with Crippen LogP contribution in [0.4, 0.5) is 0 Å². The summed E-state index contributed by atoms with van der Waals surface area (Å²) < 4.78 is 18.7. The predicted molar refractivity (Wildman–Crippen MR) is 72.1 cm³/mol. The molecule has 0 aromatic rings. The third-order valence-corrected chi connectivity index (χ3v) is 4.21. The van der Waals surface area contributed by atoms with Gasteiger partial charge in [0.05, 0.1) is 6.61 Å². The summed E-state index contributed by atoms with van der Waals surface area (Å²) in [5, 5.41) is 0. The van der Waals surface area contributed by atoms with Crippen molar-refractivity contribution in [2.24, 2.45) is 0 Å². The SMILES string of the molecule is CCCCCCOP(=O)(O)N(CCC)CCC. The average Bonchev–Trinajstić information content (AvgIpc) is 2.28. The zero-order chi connectivity index (χ0) is 13.1. The molecule has 1 atom stereocenters. The van der Waals surface area contributed by atoms with Crippen molar-refractivity contribution in [1.82, 2.24) is 4.67 Å². The number of hydrogen-bond donors (Lipinski definition) is 1. The molecule has 0 spiro atoms. The maximum atomic E-state index is 12.0. The number of hydrogen-bond acceptors (Lipinski definition) is 2. The molecule has 1 unspecified atom stereocenters. The van der Waals surface area contributed by atoms with Crippen LogP contribution in [0.1, 0.15) is 59.3 Å². The monoisotopic (exact) mass is 265 g/mol. The van der Waals surface area contributed by atoms with E-state index in [1.165, 1.54) is 0 Å². The lowest BCUT2D eigenvalue weighted by Gasteiger charge is -2.25. The highest BCUT2D eigenvalue weighted by molar-refractivity contribution is 7.50. The Morgan fingerprint density at radius 3 is 2.06 bits per heavy atom. The molecule has 0 saturated heterocycles. The van der Waals surface area contributed by atoms with E-state index in [2.05, 4.69) is 6.92 Å². The van der Waals surface area contributed by atoms with Gasteiger partial charge in [-0.25, -0.2) is 9.24 Å². The van der Waals surface area contributed by atoms with Crippen molar-refractivity contribution < 1.29 is 14.0 Å². The molecule has 0 aliphatic rings. The number of rotatable bonds is 11. The van der Waals surface area contributed by atoms with E-state index in [4.69, 9.17) is 4.52 Å². The molecule has 0 radical (unpaired) electrons. The van der Waals surface area contributed by atoms with Crippen LogP contribution >= 0.6 is 7.75 Å². The third-order valence-electron chi connectivity index (χ3n) is 2.58. The summed E-state index contributed by atoms with van der Waals surface area (Å²) in [5.74, 6) is 0. The molecule has 0 rings (SSSR count). The molecule has 0 aromatic carbocycles. The molecule has 0 bridgehead atoms. The first-order chi connectivity index (χ1) is 8.08. The molecule has 0 aliphatic carbocycles. The standard InChI is InChI=1S/C12H28NO3P/c1-4-7-8-9-12-16-17(14,15)13(10-5-2)11-6-3/h4-12H2,1-3H3,(H,14,15). The second-order valence-electron chi connectivity index (χ2n) is 4.34. The van der Waals surface area contributed by atoms with Gasteiger partial charge in [0.15, 0.2) is 0 Å². The Morgan fingerprint density at radius 1 is 1.00 bits per heavy atom. The van der Waals surface area contributed by atoms with E-state index in [0.29, 0.717) is 19.7 Å². The molecule has 1 N–H and O–H groups in total. The van der Waals surface area contributed by atoms with Crippen LogP contribution in [-0.4, -0.2) is 29.3 Å². The molecule has 17 heavy (non-hydrogen) atoms. The molecular formula is C12H28NO3P. The van der Waals surface area contributed by atoms with Crippen LogP contribution in [0.15, 0.2) is 0 Å². The van der Waals surface area contributed by atoms with Gasteiger partial charge < -0.3 is 4.89 Å². The Hall–Kier alpha value is 0.110. The van der Waals surface area contributed by atoms with Crippen LogP contribution in [0.3, 0.4) is 0 Å². The van der Waals surface area contributed by atoms with Crippen molar-refractivity contribution in [1.29, 1.82) is 0 Å². The summed E-state index contributed by atoms with van der Waals surface area (Å²) in [6.07, 6.45) is 5.98. The fourth-order valence-electron chi connectivity index (χ4n) is 1.67. The van der Waals surface area contributed by atoms with E-state index in [1.807, 2.05) is 13.8 Å². The molecule has 4 nitrogen and oxygen atoms in total. The first-order valence-electron chi connectivity index (χ1n) is 6.81. The van der Waals surface area contributed by atoms with Crippen molar-refractivity contribution in [2.75, 3.05) is 19.7 Å². The third kappa shape index (κ3) is 7.93. The average molecular weight is 265 g/mol. The van der Waals surface area contributed by atoms with Gasteiger partial charge in [0, 0.05) is 13.1 Å². The first kappa shape index (κ1) is 17.1. The van der Waals surface area contributed by atoms with Crippen molar-refractivity contribution in [3.05, 3.63) is 0 Å². The number of nitrogens with zero attached hydrogens (tertiary/aromatic N) is 1. The minimum atomic E-state index is -3.55. The van der Waals surface area contributed by atoms with Crippen LogP contribution < -0.4 is 0 Å². The highest BCUT2D eigenvalue weighted by atomic mass is 31.2. The molecule has 0 heterocycles. The molecule has 0 amide bonds. The normalized spacial score (nSPS) is 15.1. The summed E-state index contributed by atoms with van der Waals surface area (Å²) >= 11 is 0. The molecule has 5 heteroatoms. The van der Waals surface area contributed by atoms with Crippen molar-refractivity contribution in [3.63, 3.8) is 0 Å². The molecule has 104 valence electrons. The lowest BCUT2D eigenvalue weighted by molar-refractivity contribution is 0.196. The van der Waals surface area contributed by atoms with Gasteiger partial charge in [-0.15, -0.1) is 0 Å². The van der Waals surface area contributed by atoms with E-state index in [9.17, 15) is 9.46 Å². The van der Waals surface area contributed by atoms with E-state index in [1.54, 1.807) is 4.67 Å². The predicted octanol–water partition coefficient (Wildman–Crippen LogP) is 3.81. The Kier molecular flexibility index (Phi) is 10.1. The van der Waals surface area contributed by atoms with Crippen molar-refractivity contribution in [3.8, 4) is 0 Å². The van der Waals surface area contributed by atoms with Crippen LogP contribution in [0.25, 0.3) is 0 Å². The van der Waals surface area contributed by atoms with E-state index in [-0.39, 0.29) is 0 Å². The van der Waals surface area contributed by atoms with Gasteiger partial charge in [-0.05, 0) is 19.3 Å². The topological polar surface area (TPSA) is 49.8 Å². The van der Waals surface area contributed by atoms with Gasteiger partial charge in [0.25, 0.3) is 0 Å². The Balaban J connectivity index is 3.99. The zero-order valence-electron chi connectivity index (χ0n) is 11.5. The minimum absolute atomic E-state index is 0.387. The summed E-state index contributed by atoms with van der Waals surface area (Å²) in [4.78, 5) is 9.85. The largest absolute Gasteiger partial charge is 0.405 e. The van der Waals surface area contributed by atoms with Crippen LogP contribution in [0.5, 0.6) is 0 Å². The number of unbranched alkanes of at least 4 members (excludes halogenated alkanes) is 3. The summed E-state index contributed by atoms with van der Waals surface area (Å²) in [6, 6.07) is 0. The maximum absolute atomic E-state index is 12.0. The van der Waals surface area contributed by atoms with Gasteiger partial charge in [-0.1, -0.05) is 40.0 Å². The highest BCUT2D eigenvalue weighted by Gasteiger charge is 2.27. The Morgan fingerprint density at radius 2 is 1.59 bits per heavy atom. The van der Waals surface area contributed by atoms with Crippen LogP contribution in [-0.2, 0) is 9.09 Å². The Labute approximate surface area is 106 Å². The molecule has 0 saturated carbocycles. The lowest BCUT2D eigenvalue weighted by Crippen LogP contribution is -2.23. The van der Waals surface area contributed by atoms with Crippen molar-refractivity contribution in [2.45, 2.75) is 59.3 Å². The fraction of sp³-hybridized carbons (Fsp3) is 1.00. The lowest BCUT2D eigenvalue weighted by atomic mass is 10.2.